The van der Waals surface area contributed by atoms with Crippen molar-refractivity contribution in [2.75, 3.05) is 10.8 Å². The Hall–Kier alpha value is -3.43. The minimum absolute atomic E-state index is 0.0301. The summed E-state index contributed by atoms with van der Waals surface area (Å²) < 4.78 is 42.4. The molecule has 0 spiro atoms. The molecular weight excluding hydrogens is 553 g/mol. The van der Waals surface area contributed by atoms with E-state index in [0.29, 0.717) is 0 Å². The van der Waals surface area contributed by atoms with Crippen LogP contribution in [-0.4, -0.2) is 43.8 Å². The number of aryl methyl sites for hydroxylation is 1. The van der Waals surface area contributed by atoms with Gasteiger partial charge in [0.15, 0.2) is 0 Å². The third kappa shape index (κ3) is 6.82. The van der Waals surface area contributed by atoms with Crippen LogP contribution < -0.4 is 9.62 Å². The van der Waals surface area contributed by atoms with Gasteiger partial charge in [0.05, 0.1) is 15.6 Å². The Morgan fingerprint density at radius 1 is 1.02 bits per heavy atom. The standard InChI is InChI=1S/C30H33ClFN3O4S/c1-21-10-6-7-11-23(21)19-34(22(2)30(37)33-24-12-8-9-13-24)29(36)20-35(25-16-17-28(32)27(31)18-25)40(38,39)26-14-4-3-5-15-26/h3-7,10-11,14-18,22,24H,8-9,12-13,19-20H2,1-2H3,(H,33,37). The molecule has 1 saturated carbocycles. The summed E-state index contributed by atoms with van der Waals surface area (Å²) in [6.07, 6.45) is 3.85. The van der Waals surface area contributed by atoms with Crippen molar-refractivity contribution in [2.24, 2.45) is 0 Å². The highest BCUT2D eigenvalue weighted by Gasteiger charge is 2.33. The van der Waals surface area contributed by atoms with Gasteiger partial charge in [0.2, 0.25) is 11.8 Å². The van der Waals surface area contributed by atoms with E-state index in [2.05, 4.69) is 5.32 Å². The lowest BCUT2D eigenvalue weighted by Gasteiger charge is -2.33. The molecule has 10 heteroatoms. The van der Waals surface area contributed by atoms with Crippen LogP contribution in [0.25, 0.3) is 0 Å². The quantitative estimate of drug-likeness (QED) is 0.342. The lowest BCUT2D eigenvalue weighted by Crippen LogP contribution is -2.52. The Morgan fingerprint density at radius 3 is 2.33 bits per heavy atom. The fourth-order valence-corrected chi connectivity index (χ4v) is 6.44. The van der Waals surface area contributed by atoms with Gasteiger partial charge >= 0.3 is 0 Å². The van der Waals surface area contributed by atoms with Crippen molar-refractivity contribution in [1.82, 2.24) is 10.2 Å². The van der Waals surface area contributed by atoms with Gasteiger partial charge < -0.3 is 10.2 Å². The Kier molecular flexibility index (Phi) is 9.48. The van der Waals surface area contributed by atoms with E-state index in [0.717, 1.165) is 47.2 Å². The predicted molar refractivity (Wildman–Crippen MR) is 154 cm³/mol. The van der Waals surface area contributed by atoms with Crippen LogP contribution in [0, 0.1) is 12.7 Å². The van der Waals surface area contributed by atoms with Crippen molar-refractivity contribution in [2.45, 2.75) is 63.1 Å². The summed E-state index contributed by atoms with van der Waals surface area (Å²) in [5.74, 6) is -1.60. The summed E-state index contributed by atoms with van der Waals surface area (Å²) in [5.41, 5.74) is 1.80. The van der Waals surface area contributed by atoms with Gasteiger partial charge in [0.25, 0.3) is 10.0 Å². The second-order valence-electron chi connectivity index (χ2n) is 10.0. The maximum absolute atomic E-state index is 14.0. The zero-order valence-corrected chi connectivity index (χ0v) is 24.1. The highest BCUT2D eigenvalue weighted by Crippen LogP contribution is 2.28. The van der Waals surface area contributed by atoms with Crippen molar-refractivity contribution in [3.8, 4) is 0 Å². The molecule has 0 saturated heterocycles. The lowest BCUT2D eigenvalue weighted by atomic mass is 10.1. The van der Waals surface area contributed by atoms with E-state index < -0.39 is 34.3 Å². The number of hydrogen-bond donors (Lipinski definition) is 1. The largest absolute Gasteiger partial charge is 0.352 e. The van der Waals surface area contributed by atoms with Crippen LogP contribution in [0.3, 0.4) is 0 Å². The molecule has 1 atom stereocenters. The summed E-state index contributed by atoms with van der Waals surface area (Å²) in [6, 6.07) is 17.8. The minimum Gasteiger partial charge on any atom is -0.352 e. The van der Waals surface area contributed by atoms with Gasteiger partial charge in [-0.1, -0.05) is 66.9 Å². The SMILES string of the molecule is Cc1ccccc1CN(C(=O)CN(c1ccc(F)c(Cl)c1)S(=O)(=O)c1ccccc1)C(C)C(=O)NC1CCCC1. The molecule has 1 fully saturated rings. The first-order valence-electron chi connectivity index (χ1n) is 13.2. The number of nitrogens with zero attached hydrogens (tertiary/aromatic N) is 2. The molecule has 2 amide bonds. The van der Waals surface area contributed by atoms with Gasteiger partial charge in [-0.05, 0) is 68.1 Å². The van der Waals surface area contributed by atoms with Gasteiger partial charge in [-0.2, -0.15) is 0 Å². The van der Waals surface area contributed by atoms with E-state index >= 15 is 0 Å². The van der Waals surface area contributed by atoms with Crippen molar-refractivity contribution < 1.29 is 22.4 Å². The zero-order valence-electron chi connectivity index (χ0n) is 22.5. The summed E-state index contributed by atoms with van der Waals surface area (Å²) in [6.45, 7) is 3.04. The molecule has 0 bridgehead atoms. The smallest absolute Gasteiger partial charge is 0.264 e. The molecule has 0 radical (unpaired) electrons. The molecule has 1 aliphatic rings. The first kappa shape index (κ1) is 29.6. The van der Waals surface area contributed by atoms with Crippen LogP contribution in [0.15, 0.2) is 77.7 Å². The number of halogens is 2. The topological polar surface area (TPSA) is 86.8 Å². The maximum Gasteiger partial charge on any atom is 0.264 e. The van der Waals surface area contributed by atoms with E-state index in [9.17, 15) is 22.4 Å². The van der Waals surface area contributed by atoms with Crippen LogP contribution in [0.1, 0.15) is 43.7 Å². The molecule has 1 unspecified atom stereocenters. The number of hydrogen-bond acceptors (Lipinski definition) is 4. The lowest BCUT2D eigenvalue weighted by molar-refractivity contribution is -0.139. The fourth-order valence-electron chi connectivity index (χ4n) is 4.83. The van der Waals surface area contributed by atoms with E-state index in [-0.39, 0.29) is 34.1 Å². The third-order valence-electron chi connectivity index (χ3n) is 7.27. The average molecular weight is 586 g/mol. The van der Waals surface area contributed by atoms with Gasteiger partial charge in [-0.3, -0.25) is 13.9 Å². The van der Waals surface area contributed by atoms with Crippen molar-refractivity contribution in [1.29, 1.82) is 0 Å². The first-order chi connectivity index (χ1) is 19.1. The number of anilines is 1. The molecule has 212 valence electrons. The van der Waals surface area contributed by atoms with Crippen molar-refractivity contribution in [3.63, 3.8) is 0 Å². The van der Waals surface area contributed by atoms with Crippen LogP contribution >= 0.6 is 11.6 Å². The Labute approximate surface area is 240 Å². The van der Waals surface area contributed by atoms with Gasteiger partial charge in [0.1, 0.15) is 18.4 Å². The van der Waals surface area contributed by atoms with Gasteiger partial charge in [-0.25, -0.2) is 12.8 Å². The number of amides is 2. The van der Waals surface area contributed by atoms with Gasteiger partial charge in [-0.15, -0.1) is 0 Å². The molecule has 1 N–H and O–H groups in total. The van der Waals surface area contributed by atoms with Crippen LogP contribution in [-0.2, 0) is 26.2 Å². The molecule has 3 aromatic rings. The van der Waals surface area contributed by atoms with Crippen LogP contribution in [0.2, 0.25) is 5.02 Å². The minimum atomic E-state index is -4.25. The third-order valence-corrected chi connectivity index (χ3v) is 9.35. The molecule has 0 aromatic heterocycles. The molecule has 7 nitrogen and oxygen atoms in total. The molecular formula is C30H33ClFN3O4S. The monoisotopic (exact) mass is 585 g/mol. The summed E-state index contributed by atoms with van der Waals surface area (Å²) >= 11 is 6.01. The van der Waals surface area contributed by atoms with E-state index in [4.69, 9.17) is 11.6 Å². The molecule has 0 aliphatic heterocycles. The Bertz CT molecular complexity index is 1460. The molecule has 3 aromatic carbocycles. The number of nitrogens with one attached hydrogen (secondary N) is 1. The number of carbonyl (C=O) groups is 2. The highest BCUT2D eigenvalue weighted by atomic mass is 35.5. The maximum atomic E-state index is 14.0. The Morgan fingerprint density at radius 2 is 1.68 bits per heavy atom. The second kappa shape index (κ2) is 12.8. The Balaban J connectivity index is 1.70. The normalized spacial score (nSPS) is 14.5. The first-order valence-corrected chi connectivity index (χ1v) is 15.1. The van der Waals surface area contributed by atoms with Crippen LogP contribution in [0.5, 0.6) is 0 Å². The second-order valence-corrected chi connectivity index (χ2v) is 12.3. The van der Waals surface area contributed by atoms with Crippen LogP contribution in [0.4, 0.5) is 10.1 Å². The van der Waals surface area contributed by atoms with Gasteiger partial charge in [0, 0.05) is 12.6 Å². The average Bonchev–Trinajstić information content (AvgIpc) is 3.46. The fraction of sp³-hybridized carbons (Fsp3) is 0.333. The summed E-state index contributed by atoms with van der Waals surface area (Å²) in [5, 5.41) is 2.77. The predicted octanol–water partition coefficient (Wildman–Crippen LogP) is 5.46. The highest BCUT2D eigenvalue weighted by molar-refractivity contribution is 7.92. The van der Waals surface area contributed by atoms with E-state index in [1.54, 1.807) is 25.1 Å². The number of rotatable bonds is 10. The number of benzene rings is 3. The molecule has 4 rings (SSSR count). The number of carbonyl (C=O) groups excluding carboxylic acids is 2. The molecule has 1 aliphatic carbocycles. The van der Waals surface area contributed by atoms with E-state index in [1.807, 2.05) is 31.2 Å². The summed E-state index contributed by atoms with van der Waals surface area (Å²) in [7, 11) is -4.25. The van der Waals surface area contributed by atoms with E-state index in [1.165, 1.54) is 29.2 Å². The molecule has 40 heavy (non-hydrogen) atoms. The number of sulfonamides is 1. The molecule has 0 heterocycles. The van der Waals surface area contributed by atoms with Crippen molar-refractivity contribution in [3.05, 3.63) is 94.8 Å². The van der Waals surface area contributed by atoms with Crippen molar-refractivity contribution >= 4 is 39.1 Å². The summed E-state index contributed by atoms with van der Waals surface area (Å²) in [4.78, 5) is 28.6. The zero-order chi connectivity index (χ0) is 28.9.